The van der Waals surface area contributed by atoms with Gasteiger partial charge in [-0.05, 0) is 11.1 Å². The second-order valence-corrected chi connectivity index (χ2v) is 11.2. The van der Waals surface area contributed by atoms with Gasteiger partial charge in [0.25, 0.3) is 0 Å². The monoisotopic (exact) mass is 498 g/mol. The first-order valence-corrected chi connectivity index (χ1v) is 14.6. The quantitative estimate of drug-likeness (QED) is 0.589. The lowest BCUT2D eigenvalue weighted by atomic mass is 10.1. The van der Waals surface area contributed by atoms with Crippen LogP contribution >= 0.6 is 0 Å². The van der Waals surface area contributed by atoms with Gasteiger partial charge in [-0.3, -0.25) is 29.4 Å². The van der Waals surface area contributed by atoms with Crippen molar-refractivity contribution < 1.29 is 0 Å². The van der Waals surface area contributed by atoms with E-state index in [1.165, 1.54) is 89.7 Å². The highest BCUT2D eigenvalue weighted by atomic mass is 15.3. The molecule has 0 unspecified atom stereocenters. The zero-order valence-corrected chi connectivity index (χ0v) is 22.5. The van der Waals surface area contributed by atoms with Crippen LogP contribution in [-0.4, -0.2) is 160 Å². The van der Waals surface area contributed by atoms with Gasteiger partial charge in [0.05, 0.1) is 0 Å². The standard InChI is InChI=1S/C28H50N8/c1-2-4-28(26-36-12-8-30-6-10-32-15-19-34(20-16-32)22-24-36)27(3-1)25-35-11-7-29-5-9-31-13-17-33(18-14-31)21-23-35/h1-4,29-30H,5-26H2. The van der Waals surface area contributed by atoms with Crippen LogP contribution < -0.4 is 10.6 Å². The lowest BCUT2D eigenvalue weighted by Crippen LogP contribution is -2.51. The molecule has 0 saturated carbocycles. The molecule has 8 heteroatoms. The topological polar surface area (TPSA) is 43.5 Å². The molecule has 7 rings (SSSR count). The predicted molar refractivity (Wildman–Crippen MR) is 148 cm³/mol. The van der Waals surface area contributed by atoms with Gasteiger partial charge in [0.15, 0.2) is 0 Å². The first-order valence-electron chi connectivity index (χ1n) is 14.6. The number of nitrogens with one attached hydrogen (secondary N) is 2. The molecule has 4 bridgehead atoms. The average Bonchev–Trinajstić information content (AvgIpc) is 2.89. The molecule has 0 spiro atoms. The molecule has 6 heterocycles. The van der Waals surface area contributed by atoms with Crippen molar-refractivity contribution in [1.29, 1.82) is 0 Å². The normalized spacial score (nSPS) is 32.2. The Bertz CT molecular complexity index is 691. The first kappa shape index (κ1) is 26.5. The molecule has 6 saturated heterocycles. The van der Waals surface area contributed by atoms with Crippen molar-refractivity contribution in [2.75, 3.05) is 131 Å². The molecule has 0 atom stereocenters. The minimum atomic E-state index is 1.06. The van der Waals surface area contributed by atoms with E-state index >= 15 is 0 Å². The molecular formula is C28H50N8. The Hall–Kier alpha value is -1.10. The zero-order chi connectivity index (χ0) is 24.4. The maximum absolute atomic E-state index is 3.71. The summed E-state index contributed by atoms with van der Waals surface area (Å²) in [6.07, 6.45) is 0. The van der Waals surface area contributed by atoms with Crippen LogP contribution in [0.3, 0.4) is 0 Å². The van der Waals surface area contributed by atoms with E-state index in [1.807, 2.05) is 0 Å². The van der Waals surface area contributed by atoms with E-state index in [2.05, 4.69) is 64.3 Å². The van der Waals surface area contributed by atoms with E-state index in [4.69, 9.17) is 0 Å². The third kappa shape index (κ3) is 8.20. The Morgan fingerprint density at radius 1 is 0.417 bits per heavy atom. The first-order chi connectivity index (χ1) is 17.8. The molecule has 0 radical (unpaired) electrons. The summed E-state index contributed by atoms with van der Waals surface area (Å²) in [5.41, 5.74) is 3.03. The van der Waals surface area contributed by atoms with Gasteiger partial charge in [-0.1, -0.05) is 24.3 Å². The van der Waals surface area contributed by atoms with Crippen LogP contribution in [0, 0.1) is 0 Å². The maximum Gasteiger partial charge on any atom is 0.0238 e. The van der Waals surface area contributed by atoms with Gasteiger partial charge in [0, 0.05) is 144 Å². The van der Waals surface area contributed by atoms with Crippen LogP contribution in [0.1, 0.15) is 11.1 Å². The highest BCUT2D eigenvalue weighted by molar-refractivity contribution is 5.27. The summed E-state index contributed by atoms with van der Waals surface area (Å²) in [5.74, 6) is 0. The molecular weight excluding hydrogens is 448 g/mol. The van der Waals surface area contributed by atoms with Gasteiger partial charge < -0.3 is 10.6 Å². The minimum absolute atomic E-state index is 1.06. The van der Waals surface area contributed by atoms with E-state index in [0.717, 1.165) is 65.4 Å². The highest BCUT2D eigenvalue weighted by Gasteiger charge is 2.21. The van der Waals surface area contributed by atoms with E-state index in [9.17, 15) is 0 Å². The molecule has 0 amide bonds. The molecule has 36 heavy (non-hydrogen) atoms. The van der Waals surface area contributed by atoms with Crippen LogP contribution in [0.2, 0.25) is 0 Å². The van der Waals surface area contributed by atoms with Crippen molar-refractivity contribution in [2.24, 2.45) is 0 Å². The maximum atomic E-state index is 3.71. The third-order valence-electron chi connectivity index (χ3n) is 8.72. The summed E-state index contributed by atoms with van der Waals surface area (Å²) >= 11 is 0. The smallest absolute Gasteiger partial charge is 0.0238 e. The number of rotatable bonds is 4. The second kappa shape index (κ2) is 14.2. The van der Waals surface area contributed by atoms with E-state index in [-0.39, 0.29) is 0 Å². The number of benzene rings is 1. The van der Waals surface area contributed by atoms with E-state index < -0.39 is 0 Å². The van der Waals surface area contributed by atoms with Crippen molar-refractivity contribution in [3.8, 4) is 0 Å². The second-order valence-electron chi connectivity index (χ2n) is 11.2. The fourth-order valence-corrected chi connectivity index (χ4v) is 6.13. The van der Waals surface area contributed by atoms with E-state index in [0.29, 0.717) is 0 Å². The third-order valence-corrected chi connectivity index (χ3v) is 8.72. The number of piperazine rings is 2. The fraction of sp³-hybridized carbons (Fsp3) is 0.786. The van der Waals surface area contributed by atoms with Gasteiger partial charge in [-0.15, -0.1) is 0 Å². The minimum Gasteiger partial charge on any atom is -0.314 e. The summed E-state index contributed by atoms with van der Waals surface area (Å²) in [6.45, 7) is 25.7. The molecule has 6 fully saturated rings. The molecule has 1 aromatic rings. The summed E-state index contributed by atoms with van der Waals surface area (Å²) < 4.78 is 0. The van der Waals surface area contributed by atoms with Gasteiger partial charge in [0.1, 0.15) is 0 Å². The molecule has 202 valence electrons. The van der Waals surface area contributed by atoms with Crippen molar-refractivity contribution in [1.82, 2.24) is 40.0 Å². The summed E-state index contributed by atoms with van der Waals surface area (Å²) in [7, 11) is 0. The SMILES string of the molecule is c1ccc(CN2CCNCCN3CCN(CC3)CC2)c(CN2CCNCCN3CCN(CC3)CC2)c1. The fourth-order valence-electron chi connectivity index (χ4n) is 6.13. The highest BCUT2D eigenvalue weighted by Crippen LogP contribution is 2.15. The molecule has 2 N–H and O–H groups in total. The number of hydrogen-bond acceptors (Lipinski definition) is 8. The van der Waals surface area contributed by atoms with Crippen LogP contribution in [-0.2, 0) is 13.1 Å². The average molecular weight is 499 g/mol. The Balaban J connectivity index is 1.20. The van der Waals surface area contributed by atoms with Gasteiger partial charge in [-0.25, -0.2) is 0 Å². The Morgan fingerprint density at radius 2 is 0.750 bits per heavy atom. The Kier molecular flexibility index (Phi) is 10.4. The van der Waals surface area contributed by atoms with Crippen LogP contribution in [0.15, 0.2) is 24.3 Å². The molecule has 0 aromatic heterocycles. The van der Waals surface area contributed by atoms with Crippen LogP contribution in [0.4, 0.5) is 0 Å². The predicted octanol–water partition coefficient (Wildman–Crippen LogP) is -0.268. The summed E-state index contributed by atoms with van der Waals surface area (Å²) in [5, 5.41) is 7.41. The molecule has 8 nitrogen and oxygen atoms in total. The van der Waals surface area contributed by atoms with Crippen molar-refractivity contribution in [3.05, 3.63) is 35.4 Å². The molecule has 6 aliphatic heterocycles. The summed E-state index contributed by atoms with van der Waals surface area (Å²) in [6, 6.07) is 9.24. The zero-order valence-electron chi connectivity index (χ0n) is 22.5. The van der Waals surface area contributed by atoms with Crippen molar-refractivity contribution in [3.63, 3.8) is 0 Å². The Morgan fingerprint density at radius 3 is 1.17 bits per heavy atom. The lowest BCUT2D eigenvalue weighted by Gasteiger charge is -2.37. The molecule has 1 aromatic carbocycles. The van der Waals surface area contributed by atoms with Crippen LogP contribution in [0.5, 0.6) is 0 Å². The Labute approximate surface area is 219 Å². The van der Waals surface area contributed by atoms with Gasteiger partial charge in [-0.2, -0.15) is 0 Å². The van der Waals surface area contributed by atoms with Crippen molar-refractivity contribution in [2.45, 2.75) is 13.1 Å². The number of nitrogens with zero attached hydrogens (tertiary/aromatic N) is 6. The van der Waals surface area contributed by atoms with Crippen LogP contribution in [0.25, 0.3) is 0 Å². The largest absolute Gasteiger partial charge is 0.314 e. The molecule has 6 aliphatic rings. The lowest BCUT2D eigenvalue weighted by molar-refractivity contribution is 0.110. The van der Waals surface area contributed by atoms with Crippen molar-refractivity contribution >= 4 is 0 Å². The summed E-state index contributed by atoms with van der Waals surface area (Å²) in [4.78, 5) is 16.0. The number of fused-ring (bicyclic) bond motifs is 18. The van der Waals surface area contributed by atoms with Gasteiger partial charge >= 0.3 is 0 Å². The number of hydrogen-bond donors (Lipinski definition) is 2. The van der Waals surface area contributed by atoms with E-state index in [1.54, 1.807) is 0 Å². The molecule has 0 aliphatic carbocycles. The van der Waals surface area contributed by atoms with Gasteiger partial charge in [0.2, 0.25) is 0 Å².